The van der Waals surface area contributed by atoms with E-state index in [1.807, 2.05) is 0 Å². The predicted molar refractivity (Wildman–Crippen MR) is 76.3 cm³/mol. The Kier molecular flexibility index (Phi) is 17.6. The number of hydrogen-bond acceptors (Lipinski definition) is 5. The van der Waals surface area contributed by atoms with Gasteiger partial charge in [-0.15, -0.1) is 0 Å². The summed E-state index contributed by atoms with van der Waals surface area (Å²) in [5.74, 6) is 0. The summed E-state index contributed by atoms with van der Waals surface area (Å²) in [7, 11) is -4.23. The van der Waals surface area contributed by atoms with Crippen molar-refractivity contribution in [1.82, 2.24) is 0 Å². The Morgan fingerprint density at radius 1 is 1.00 bits per heavy atom. The minimum Gasteiger partial charge on any atom is -0.395 e. The Morgan fingerprint density at radius 3 is 1.79 bits per heavy atom. The number of unbranched alkanes of at least 4 members (excludes halogenated alkanes) is 7. The lowest BCUT2D eigenvalue weighted by Crippen LogP contribution is -2.04. The molecule has 0 spiro atoms. The minimum absolute atomic E-state index is 0.0911. The summed E-state index contributed by atoms with van der Waals surface area (Å²) >= 11 is 0. The molecule has 0 radical (unpaired) electrons. The van der Waals surface area contributed by atoms with E-state index in [1.165, 1.54) is 32.1 Å². The summed E-state index contributed by atoms with van der Waals surface area (Å²) in [6.45, 7) is 2.75. The fourth-order valence-corrected chi connectivity index (χ4v) is 1.73. The molecule has 0 aliphatic heterocycles. The SMILES string of the molecule is CCCCCCCCCCOS(=O)(=O)O.NCCO. The summed E-state index contributed by atoms with van der Waals surface area (Å²) in [6.07, 6.45) is 9.05. The fraction of sp³-hybridized carbons (Fsp3) is 1.00. The van der Waals surface area contributed by atoms with E-state index in [-0.39, 0.29) is 13.2 Å². The summed E-state index contributed by atoms with van der Waals surface area (Å²) < 4.78 is 32.8. The molecular weight excluding hydrogens is 270 g/mol. The molecule has 0 amide bonds. The van der Waals surface area contributed by atoms with Gasteiger partial charge in [0.1, 0.15) is 0 Å². The molecule has 7 heteroatoms. The van der Waals surface area contributed by atoms with Crippen molar-refractivity contribution in [3.05, 3.63) is 0 Å². The van der Waals surface area contributed by atoms with Crippen LogP contribution in [0.25, 0.3) is 0 Å². The summed E-state index contributed by atoms with van der Waals surface area (Å²) in [5, 5.41) is 7.75. The molecule has 6 nitrogen and oxygen atoms in total. The van der Waals surface area contributed by atoms with Gasteiger partial charge in [0.05, 0.1) is 13.2 Å². The van der Waals surface area contributed by atoms with Crippen LogP contribution >= 0.6 is 0 Å². The molecule has 0 aliphatic carbocycles. The topological polar surface area (TPSA) is 110 Å². The average molecular weight is 299 g/mol. The monoisotopic (exact) mass is 299 g/mol. The Morgan fingerprint density at radius 2 is 1.42 bits per heavy atom. The molecule has 0 saturated carbocycles. The number of nitrogens with two attached hydrogens (primary N) is 1. The van der Waals surface area contributed by atoms with Crippen molar-refractivity contribution in [2.75, 3.05) is 19.8 Å². The zero-order valence-electron chi connectivity index (χ0n) is 11.9. The third kappa shape index (κ3) is 27.1. The molecular formula is C12H29NO5S. The maximum Gasteiger partial charge on any atom is 0.397 e. The normalized spacial score (nSPS) is 10.9. The first kappa shape index (κ1) is 21.1. The number of rotatable bonds is 11. The summed E-state index contributed by atoms with van der Waals surface area (Å²) in [5.41, 5.74) is 4.78. The maximum absolute atomic E-state index is 10.2. The first-order valence-electron chi connectivity index (χ1n) is 6.90. The van der Waals surface area contributed by atoms with E-state index in [0.717, 1.165) is 12.8 Å². The molecule has 0 rings (SSSR count). The highest BCUT2D eigenvalue weighted by molar-refractivity contribution is 7.80. The second-order valence-corrected chi connectivity index (χ2v) is 5.33. The van der Waals surface area contributed by atoms with Crippen LogP contribution in [0.15, 0.2) is 0 Å². The van der Waals surface area contributed by atoms with Gasteiger partial charge in [0.25, 0.3) is 0 Å². The molecule has 0 unspecified atom stereocenters. The van der Waals surface area contributed by atoms with Crippen molar-refractivity contribution in [1.29, 1.82) is 0 Å². The van der Waals surface area contributed by atoms with Crippen molar-refractivity contribution in [3.63, 3.8) is 0 Å². The second-order valence-electron chi connectivity index (χ2n) is 4.24. The molecule has 0 atom stereocenters. The van der Waals surface area contributed by atoms with E-state index in [0.29, 0.717) is 13.0 Å². The highest BCUT2D eigenvalue weighted by atomic mass is 32.3. The lowest BCUT2D eigenvalue weighted by molar-refractivity contribution is 0.261. The van der Waals surface area contributed by atoms with Gasteiger partial charge < -0.3 is 10.8 Å². The van der Waals surface area contributed by atoms with Crippen molar-refractivity contribution >= 4 is 10.4 Å². The molecule has 0 aromatic heterocycles. The lowest BCUT2D eigenvalue weighted by Gasteiger charge is -2.01. The van der Waals surface area contributed by atoms with E-state index in [1.54, 1.807) is 0 Å². The van der Waals surface area contributed by atoms with Gasteiger partial charge in [-0.3, -0.25) is 4.55 Å². The Hall–Kier alpha value is -0.210. The molecule has 0 heterocycles. The molecule has 0 fully saturated rings. The highest BCUT2D eigenvalue weighted by Gasteiger charge is 2.02. The summed E-state index contributed by atoms with van der Waals surface area (Å²) in [6, 6.07) is 0. The van der Waals surface area contributed by atoms with Gasteiger partial charge in [0.15, 0.2) is 0 Å². The van der Waals surface area contributed by atoms with Gasteiger partial charge >= 0.3 is 10.4 Å². The molecule has 0 bridgehead atoms. The van der Waals surface area contributed by atoms with Gasteiger partial charge in [0.2, 0.25) is 0 Å². The number of hydrogen-bond donors (Lipinski definition) is 3. The van der Waals surface area contributed by atoms with Crippen LogP contribution in [-0.4, -0.2) is 37.8 Å². The van der Waals surface area contributed by atoms with Crippen molar-refractivity contribution in [3.8, 4) is 0 Å². The zero-order chi connectivity index (χ0) is 15.0. The first-order valence-corrected chi connectivity index (χ1v) is 8.27. The van der Waals surface area contributed by atoms with Crippen LogP contribution in [0.2, 0.25) is 0 Å². The van der Waals surface area contributed by atoms with Crippen LogP contribution in [0.3, 0.4) is 0 Å². The third-order valence-electron chi connectivity index (χ3n) is 2.36. The van der Waals surface area contributed by atoms with Gasteiger partial charge in [-0.05, 0) is 6.42 Å². The van der Waals surface area contributed by atoms with E-state index < -0.39 is 10.4 Å². The Labute approximate surface area is 117 Å². The maximum atomic E-state index is 10.2. The molecule has 118 valence electrons. The van der Waals surface area contributed by atoms with Gasteiger partial charge in [0, 0.05) is 6.54 Å². The minimum atomic E-state index is -4.23. The smallest absolute Gasteiger partial charge is 0.395 e. The van der Waals surface area contributed by atoms with Crippen LogP contribution in [0.1, 0.15) is 58.3 Å². The Balaban J connectivity index is 0. The van der Waals surface area contributed by atoms with Crippen LogP contribution in [0.5, 0.6) is 0 Å². The number of aliphatic hydroxyl groups is 1. The molecule has 0 aliphatic rings. The highest BCUT2D eigenvalue weighted by Crippen LogP contribution is 2.08. The Bertz CT molecular complexity index is 255. The molecule has 0 aromatic carbocycles. The van der Waals surface area contributed by atoms with Gasteiger partial charge in [-0.25, -0.2) is 4.18 Å². The molecule has 4 N–H and O–H groups in total. The summed E-state index contributed by atoms with van der Waals surface area (Å²) in [4.78, 5) is 0. The van der Waals surface area contributed by atoms with E-state index in [2.05, 4.69) is 11.1 Å². The van der Waals surface area contributed by atoms with Crippen LogP contribution < -0.4 is 5.73 Å². The molecule has 0 aromatic rings. The van der Waals surface area contributed by atoms with Gasteiger partial charge in [-0.2, -0.15) is 8.42 Å². The van der Waals surface area contributed by atoms with Crippen LogP contribution in [0.4, 0.5) is 0 Å². The molecule has 0 saturated heterocycles. The predicted octanol–water partition coefficient (Wildman–Crippen LogP) is 1.88. The quantitative estimate of drug-likeness (QED) is 0.397. The van der Waals surface area contributed by atoms with E-state index >= 15 is 0 Å². The molecule has 19 heavy (non-hydrogen) atoms. The largest absolute Gasteiger partial charge is 0.397 e. The van der Waals surface area contributed by atoms with Crippen molar-refractivity contribution in [2.24, 2.45) is 5.73 Å². The average Bonchev–Trinajstić information content (AvgIpc) is 2.36. The van der Waals surface area contributed by atoms with Crippen LogP contribution in [0, 0.1) is 0 Å². The van der Waals surface area contributed by atoms with Crippen LogP contribution in [-0.2, 0) is 14.6 Å². The zero-order valence-corrected chi connectivity index (χ0v) is 12.7. The van der Waals surface area contributed by atoms with E-state index in [4.69, 9.17) is 15.4 Å². The third-order valence-corrected chi connectivity index (χ3v) is 2.82. The second kappa shape index (κ2) is 15.8. The van der Waals surface area contributed by atoms with E-state index in [9.17, 15) is 8.42 Å². The fourth-order valence-electron chi connectivity index (χ4n) is 1.40. The standard InChI is InChI=1S/C10H22O4S.C2H7NO/c1-2-3-4-5-6-7-8-9-10-14-15(11,12)13;3-1-2-4/h2-10H2,1H3,(H,11,12,13);4H,1-3H2. The van der Waals surface area contributed by atoms with Crippen molar-refractivity contribution < 1.29 is 22.3 Å². The first-order chi connectivity index (χ1) is 8.97. The lowest BCUT2D eigenvalue weighted by atomic mass is 10.1. The van der Waals surface area contributed by atoms with Crippen molar-refractivity contribution in [2.45, 2.75) is 58.3 Å². The van der Waals surface area contributed by atoms with Gasteiger partial charge in [-0.1, -0.05) is 51.9 Å². The number of aliphatic hydroxyl groups excluding tert-OH is 1.